The zero-order valence-corrected chi connectivity index (χ0v) is 17.4. The first-order valence-electron chi connectivity index (χ1n) is 9.53. The van der Waals surface area contributed by atoms with E-state index in [1.807, 2.05) is 55.5 Å². The highest BCUT2D eigenvalue weighted by Crippen LogP contribution is 2.29. The number of hydrogen-bond acceptors (Lipinski definition) is 4. The Kier molecular flexibility index (Phi) is 6.17. The number of aryl methyl sites for hydroxylation is 1. The molecule has 0 fully saturated rings. The average Bonchev–Trinajstić information content (AvgIpc) is 2.73. The van der Waals surface area contributed by atoms with Crippen LogP contribution in [0, 0.1) is 6.92 Å². The predicted molar refractivity (Wildman–Crippen MR) is 117 cm³/mol. The van der Waals surface area contributed by atoms with Gasteiger partial charge in [-0.25, -0.2) is 5.43 Å². The van der Waals surface area contributed by atoms with Crippen LogP contribution in [0.5, 0.6) is 11.5 Å². The molecule has 1 amide bonds. The van der Waals surface area contributed by atoms with Crippen LogP contribution in [0.2, 0.25) is 0 Å². The van der Waals surface area contributed by atoms with Crippen molar-refractivity contribution in [2.45, 2.75) is 26.7 Å². The maximum atomic E-state index is 12.7. The van der Waals surface area contributed by atoms with Gasteiger partial charge in [-0.2, -0.15) is 5.10 Å². The van der Waals surface area contributed by atoms with Crippen LogP contribution in [0.4, 0.5) is 0 Å². The van der Waals surface area contributed by atoms with Crippen LogP contribution in [0.15, 0.2) is 53.6 Å². The number of rotatable bonds is 6. The molecule has 0 unspecified atom stereocenters. The van der Waals surface area contributed by atoms with Gasteiger partial charge >= 0.3 is 0 Å². The monoisotopic (exact) mass is 390 g/mol. The predicted octanol–water partition coefficient (Wildman–Crippen LogP) is 5.05. The van der Waals surface area contributed by atoms with Crippen LogP contribution >= 0.6 is 0 Å². The molecule has 0 saturated carbocycles. The van der Waals surface area contributed by atoms with Crippen LogP contribution in [0.25, 0.3) is 10.8 Å². The lowest BCUT2D eigenvalue weighted by Gasteiger charge is -2.14. The number of nitrogens with zero attached hydrogens (tertiary/aromatic N) is 1. The third-order valence-electron chi connectivity index (χ3n) is 4.92. The first kappa shape index (κ1) is 20.4. The van der Waals surface area contributed by atoms with E-state index < -0.39 is 0 Å². The van der Waals surface area contributed by atoms with Crippen LogP contribution in [-0.2, 0) is 0 Å². The molecule has 29 heavy (non-hydrogen) atoms. The lowest BCUT2D eigenvalue weighted by molar-refractivity contribution is 0.0952. The van der Waals surface area contributed by atoms with Gasteiger partial charge in [0.25, 0.3) is 5.91 Å². The molecule has 150 valence electrons. The van der Waals surface area contributed by atoms with Gasteiger partial charge in [-0.05, 0) is 64.6 Å². The minimum Gasteiger partial charge on any atom is -0.496 e. The summed E-state index contributed by atoms with van der Waals surface area (Å²) < 4.78 is 10.9. The van der Waals surface area contributed by atoms with Gasteiger partial charge in [0.15, 0.2) is 0 Å². The van der Waals surface area contributed by atoms with E-state index in [0.717, 1.165) is 33.2 Å². The second kappa shape index (κ2) is 8.78. The lowest BCUT2D eigenvalue weighted by Crippen LogP contribution is -2.18. The average molecular weight is 390 g/mol. The zero-order valence-electron chi connectivity index (χ0n) is 17.4. The number of benzene rings is 3. The van der Waals surface area contributed by atoms with E-state index in [2.05, 4.69) is 24.4 Å². The molecule has 0 aliphatic carbocycles. The van der Waals surface area contributed by atoms with Crippen molar-refractivity contribution in [3.8, 4) is 11.5 Å². The number of fused-ring (bicyclic) bond motifs is 1. The molecule has 0 saturated heterocycles. The van der Waals surface area contributed by atoms with E-state index in [-0.39, 0.29) is 5.91 Å². The number of hydrazone groups is 1. The van der Waals surface area contributed by atoms with Gasteiger partial charge in [-0.3, -0.25) is 4.79 Å². The fourth-order valence-electron chi connectivity index (χ4n) is 3.27. The molecule has 0 radical (unpaired) electrons. The maximum Gasteiger partial charge on any atom is 0.275 e. The Balaban J connectivity index is 1.85. The number of carbonyl (C=O) groups excluding carboxylic acids is 1. The number of nitrogens with one attached hydrogen (secondary N) is 1. The van der Waals surface area contributed by atoms with Gasteiger partial charge < -0.3 is 9.47 Å². The molecule has 0 heterocycles. The number of methoxy groups -OCH3 is 2. The number of hydrogen-bond donors (Lipinski definition) is 1. The van der Waals surface area contributed by atoms with Gasteiger partial charge in [0.1, 0.15) is 11.5 Å². The van der Waals surface area contributed by atoms with Crippen molar-refractivity contribution in [3.63, 3.8) is 0 Å². The van der Waals surface area contributed by atoms with Gasteiger partial charge in [0, 0.05) is 0 Å². The van der Waals surface area contributed by atoms with E-state index in [0.29, 0.717) is 17.2 Å². The molecular weight excluding hydrogens is 364 g/mol. The van der Waals surface area contributed by atoms with Crippen LogP contribution in [0.3, 0.4) is 0 Å². The van der Waals surface area contributed by atoms with E-state index in [1.54, 1.807) is 20.4 Å². The topological polar surface area (TPSA) is 59.9 Å². The summed E-state index contributed by atoms with van der Waals surface area (Å²) in [5.74, 6) is 1.37. The Morgan fingerprint density at radius 3 is 2.28 bits per heavy atom. The van der Waals surface area contributed by atoms with Gasteiger partial charge in [-0.1, -0.05) is 38.1 Å². The van der Waals surface area contributed by atoms with E-state index >= 15 is 0 Å². The summed E-state index contributed by atoms with van der Waals surface area (Å²) >= 11 is 0. The standard InChI is InChI=1S/C24H26N2O3/c1-15(2)20-12-19(16(3)10-22(20)28-4)14-25-26-24(27)21-11-17-8-6-7-9-18(17)13-23(21)29-5/h6-15H,1-5H3,(H,26,27). The summed E-state index contributed by atoms with van der Waals surface area (Å²) in [6.45, 7) is 6.21. The molecule has 0 aromatic heterocycles. The second-order valence-corrected chi connectivity index (χ2v) is 7.20. The summed E-state index contributed by atoms with van der Waals surface area (Å²) in [4.78, 5) is 12.7. The number of ether oxygens (including phenoxy) is 2. The first-order chi connectivity index (χ1) is 13.9. The third kappa shape index (κ3) is 4.40. The molecule has 3 rings (SSSR count). The smallest absolute Gasteiger partial charge is 0.275 e. The molecular formula is C24H26N2O3. The van der Waals surface area contributed by atoms with Crippen molar-refractivity contribution in [2.24, 2.45) is 5.10 Å². The van der Waals surface area contributed by atoms with Gasteiger partial charge in [0.05, 0.1) is 26.0 Å². The Morgan fingerprint density at radius 2 is 1.66 bits per heavy atom. The lowest BCUT2D eigenvalue weighted by atomic mass is 9.97. The Labute approximate surface area is 171 Å². The van der Waals surface area contributed by atoms with Crippen LogP contribution in [-0.4, -0.2) is 26.3 Å². The molecule has 0 bridgehead atoms. The molecule has 3 aromatic rings. The second-order valence-electron chi connectivity index (χ2n) is 7.20. The molecule has 1 N–H and O–H groups in total. The van der Waals surface area contributed by atoms with Crippen molar-refractivity contribution >= 4 is 22.9 Å². The highest BCUT2D eigenvalue weighted by Gasteiger charge is 2.14. The highest BCUT2D eigenvalue weighted by atomic mass is 16.5. The normalized spacial score (nSPS) is 11.2. The first-order valence-corrected chi connectivity index (χ1v) is 9.53. The largest absolute Gasteiger partial charge is 0.496 e. The Bertz CT molecular complexity index is 1070. The molecule has 0 aliphatic heterocycles. The summed E-state index contributed by atoms with van der Waals surface area (Å²) in [6.07, 6.45) is 1.66. The molecule has 0 spiro atoms. The fraction of sp³-hybridized carbons (Fsp3) is 0.250. The van der Waals surface area contributed by atoms with E-state index in [1.165, 1.54) is 0 Å². The fourth-order valence-corrected chi connectivity index (χ4v) is 3.27. The van der Waals surface area contributed by atoms with E-state index in [9.17, 15) is 4.79 Å². The highest BCUT2D eigenvalue weighted by molar-refractivity contribution is 6.02. The SMILES string of the molecule is COc1cc2ccccc2cc1C(=O)NN=Cc1cc(C(C)C)c(OC)cc1C. The van der Waals surface area contributed by atoms with Crippen molar-refractivity contribution in [3.05, 3.63) is 70.8 Å². The summed E-state index contributed by atoms with van der Waals surface area (Å²) in [5.41, 5.74) is 6.10. The molecule has 0 aliphatic rings. The minimum atomic E-state index is -0.320. The van der Waals surface area contributed by atoms with Crippen LogP contribution < -0.4 is 14.9 Å². The van der Waals surface area contributed by atoms with Gasteiger partial charge in [-0.15, -0.1) is 0 Å². The summed E-state index contributed by atoms with van der Waals surface area (Å²) in [5, 5.41) is 6.15. The van der Waals surface area contributed by atoms with Gasteiger partial charge in [0.2, 0.25) is 0 Å². The Morgan fingerprint density at radius 1 is 1.00 bits per heavy atom. The summed E-state index contributed by atoms with van der Waals surface area (Å²) in [7, 11) is 3.23. The minimum absolute atomic E-state index is 0.314. The Hall–Kier alpha value is -3.34. The van der Waals surface area contributed by atoms with E-state index in [4.69, 9.17) is 9.47 Å². The van der Waals surface area contributed by atoms with Crippen LogP contribution in [0.1, 0.15) is 46.8 Å². The molecule has 0 atom stereocenters. The number of amides is 1. The zero-order chi connectivity index (χ0) is 21.0. The molecule has 5 nitrogen and oxygen atoms in total. The van der Waals surface area contributed by atoms with Crippen molar-refractivity contribution in [1.29, 1.82) is 0 Å². The quantitative estimate of drug-likeness (QED) is 0.473. The maximum absolute atomic E-state index is 12.7. The summed E-state index contributed by atoms with van der Waals surface area (Å²) in [6, 6.07) is 15.5. The number of carbonyl (C=O) groups is 1. The van der Waals surface area contributed by atoms with Crippen molar-refractivity contribution < 1.29 is 14.3 Å². The van der Waals surface area contributed by atoms with Crippen molar-refractivity contribution in [2.75, 3.05) is 14.2 Å². The molecule has 5 heteroatoms. The molecule has 3 aromatic carbocycles. The van der Waals surface area contributed by atoms with Crippen molar-refractivity contribution in [1.82, 2.24) is 5.43 Å². The third-order valence-corrected chi connectivity index (χ3v) is 4.92.